The fourth-order valence-corrected chi connectivity index (χ4v) is 2.84. The summed E-state index contributed by atoms with van der Waals surface area (Å²) in [6.07, 6.45) is 6.85. The van der Waals surface area contributed by atoms with Gasteiger partial charge in [0.25, 0.3) is 0 Å². The van der Waals surface area contributed by atoms with Crippen LogP contribution in [-0.2, 0) is 0 Å². The minimum absolute atomic E-state index is 1.10. The lowest BCUT2D eigenvalue weighted by Crippen LogP contribution is -2.29. The van der Waals surface area contributed by atoms with E-state index in [9.17, 15) is 0 Å². The van der Waals surface area contributed by atoms with Crippen molar-refractivity contribution in [1.82, 2.24) is 9.88 Å². The number of aromatic amines is 1. The molecule has 0 radical (unpaired) electrons. The number of H-pyrrole nitrogens is 1. The van der Waals surface area contributed by atoms with Crippen molar-refractivity contribution in [2.45, 2.75) is 19.8 Å². The lowest BCUT2D eigenvalue weighted by molar-refractivity contribution is 0.302. The lowest BCUT2D eigenvalue weighted by atomic mass is 9.96. The predicted octanol–water partition coefficient (Wildman–Crippen LogP) is 3.67. The van der Waals surface area contributed by atoms with Gasteiger partial charge >= 0.3 is 0 Å². The van der Waals surface area contributed by atoms with Crippen LogP contribution in [0.1, 0.15) is 25.3 Å². The molecule has 3 rings (SSSR count). The van der Waals surface area contributed by atoms with Crippen LogP contribution in [0, 0.1) is 0 Å². The lowest BCUT2D eigenvalue weighted by Gasteiger charge is -2.26. The smallest absolute Gasteiger partial charge is 0.0460 e. The predicted molar refractivity (Wildman–Crippen MR) is 77.6 cm³/mol. The van der Waals surface area contributed by atoms with Gasteiger partial charge in [0.2, 0.25) is 0 Å². The van der Waals surface area contributed by atoms with Gasteiger partial charge in [-0.15, -0.1) is 0 Å². The summed E-state index contributed by atoms with van der Waals surface area (Å²) in [5.74, 6) is 0. The van der Waals surface area contributed by atoms with Crippen molar-refractivity contribution in [1.29, 1.82) is 0 Å². The summed E-state index contributed by atoms with van der Waals surface area (Å²) in [7, 11) is 0. The summed E-state index contributed by atoms with van der Waals surface area (Å²) >= 11 is 0. The summed E-state index contributed by atoms with van der Waals surface area (Å²) in [4.78, 5) is 5.82. The highest BCUT2D eigenvalue weighted by Gasteiger charge is 2.13. The molecule has 1 aliphatic heterocycles. The van der Waals surface area contributed by atoms with E-state index in [2.05, 4.69) is 47.1 Å². The van der Waals surface area contributed by atoms with Crippen molar-refractivity contribution < 1.29 is 0 Å². The van der Waals surface area contributed by atoms with Crippen molar-refractivity contribution in [3.63, 3.8) is 0 Å². The number of hydrogen-bond donors (Lipinski definition) is 1. The van der Waals surface area contributed by atoms with Crippen LogP contribution in [0.3, 0.4) is 0 Å². The fraction of sp³-hybridized carbons (Fsp3) is 0.375. The number of benzene rings is 1. The van der Waals surface area contributed by atoms with Crippen molar-refractivity contribution in [2.75, 3.05) is 19.6 Å². The molecule has 0 bridgehead atoms. The van der Waals surface area contributed by atoms with Gasteiger partial charge in [0, 0.05) is 30.2 Å². The van der Waals surface area contributed by atoms with Gasteiger partial charge in [-0.2, -0.15) is 0 Å². The Morgan fingerprint density at radius 1 is 1.28 bits per heavy atom. The van der Waals surface area contributed by atoms with E-state index in [1.54, 1.807) is 0 Å². The monoisotopic (exact) mass is 240 g/mol. The third-order valence-corrected chi connectivity index (χ3v) is 3.77. The van der Waals surface area contributed by atoms with Crippen LogP contribution < -0.4 is 0 Å². The number of fused-ring (bicyclic) bond motifs is 1. The van der Waals surface area contributed by atoms with E-state index in [0.717, 1.165) is 6.54 Å². The largest absolute Gasteiger partial charge is 0.361 e. The topological polar surface area (TPSA) is 19.0 Å². The average Bonchev–Trinajstić information content (AvgIpc) is 2.88. The van der Waals surface area contributed by atoms with Gasteiger partial charge in [0.15, 0.2) is 0 Å². The van der Waals surface area contributed by atoms with Crippen molar-refractivity contribution in [3.05, 3.63) is 42.1 Å². The molecule has 2 nitrogen and oxygen atoms in total. The van der Waals surface area contributed by atoms with E-state index >= 15 is 0 Å². The molecule has 2 heterocycles. The van der Waals surface area contributed by atoms with E-state index in [4.69, 9.17) is 0 Å². The zero-order chi connectivity index (χ0) is 12.4. The molecule has 94 valence electrons. The van der Waals surface area contributed by atoms with Crippen molar-refractivity contribution in [2.24, 2.45) is 0 Å². The zero-order valence-corrected chi connectivity index (χ0v) is 10.9. The molecule has 0 fully saturated rings. The first-order valence-corrected chi connectivity index (χ1v) is 6.86. The van der Waals surface area contributed by atoms with Crippen LogP contribution in [0.4, 0.5) is 0 Å². The van der Waals surface area contributed by atoms with Crippen LogP contribution in [0.2, 0.25) is 0 Å². The van der Waals surface area contributed by atoms with Crippen molar-refractivity contribution >= 4 is 16.5 Å². The molecule has 2 heteroatoms. The van der Waals surface area contributed by atoms with Gasteiger partial charge in [-0.3, -0.25) is 4.90 Å². The maximum absolute atomic E-state index is 3.29. The molecule has 18 heavy (non-hydrogen) atoms. The van der Waals surface area contributed by atoms with E-state index < -0.39 is 0 Å². The van der Waals surface area contributed by atoms with Crippen LogP contribution >= 0.6 is 0 Å². The quantitative estimate of drug-likeness (QED) is 0.867. The Morgan fingerprint density at radius 3 is 3.00 bits per heavy atom. The molecule has 0 amide bonds. The zero-order valence-electron chi connectivity index (χ0n) is 10.9. The minimum atomic E-state index is 1.10. The number of aromatic nitrogens is 1. The molecule has 1 N–H and O–H groups in total. The molecule has 0 saturated carbocycles. The Kier molecular flexibility index (Phi) is 3.20. The van der Waals surface area contributed by atoms with Crippen LogP contribution in [0.5, 0.6) is 0 Å². The maximum atomic E-state index is 3.29. The Morgan fingerprint density at radius 2 is 2.22 bits per heavy atom. The number of hydrogen-bond acceptors (Lipinski definition) is 1. The highest BCUT2D eigenvalue weighted by Crippen LogP contribution is 2.28. The second-order valence-electron chi connectivity index (χ2n) is 5.02. The van der Waals surface area contributed by atoms with Gasteiger partial charge in [-0.05, 0) is 42.7 Å². The first kappa shape index (κ1) is 11.5. The highest BCUT2D eigenvalue weighted by molar-refractivity contribution is 5.92. The molecule has 1 aromatic carbocycles. The Bertz CT molecular complexity index is 565. The van der Waals surface area contributed by atoms with Gasteiger partial charge in [-0.25, -0.2) is 0 Å². The summed E-state index contributed by atoms with van der Waals surface area (Å²) in [5, 5.41) is 1.35. The normalized spacial score (nSPS) is 17.1. The van der Waals surface area contributed by atoms with E-state index in [1.807, 2.05) is 6.20 Å². The van der Waals surface area contributed by atoms with E-state index in [1.165, 1.54) is 48.0 Å². The molecule has 0 saturated heterocycles. The molecule has 1 aromatic heterocycles. The summed E-state index contributed by atoms with van der Waals surface area (Å²) < 4.78 is 0. The maximum Gasteiger partial charge on any atom is 0.0460 e. The Labute approximate surface area is 108 Å². The molecular formula is C16H20N2. The van der Waals surface area contributed by atoms with Crippen LogP contribution in [0.15, 0.2) is 36.5 Å². The molecule has 0 aliphatic carbocycles. The van der Waals surface area contributed by atoms with Gasteiger partial charge in [0.1, 0.15) is 0 Å². The first-order chi connectivity index (χ1) is 8.88. The second-order valence-corrected chi connectivity index (χ2v) is 5.02. The number of rotatable bonds is 3. The molecule has 0 atom stereocenters. The van der Waals surface area contributed by atoms with Gasteiger partial charge < -0.3 is 4.98 Å². The molecule has 2 aromatic rings. The summed E-state index contributed by atoms with van der Waals surface area (Å²) in [6.45, 7) is 5.77. The van der Waals surface area contributed by atoms with E-state index in [-0.39, 0.29) is 0 Å². The highest BCUT2D eigenvalue weighted by atomic mass is 15.1. The molecule has 0 unspecified atom stereocenters. The molecule has 1 aliphatic rings. The second kappa shape index (κ2) is 4.99. The van der Waals surface area contributed by atoms with E-state index in [0.29, 0.717) is 0 Å². The summed E-state index contributed by atoms with van der Waals surface area (Å²) in [6, 6.07) is 8.72. The standard InChI is InChI=1S/C16H20N2/c1-2-10-18-11-7-13(8-12-18)14-4-3-5-16-15(14)6-9-17-16/h3-7,9,17H,2,8,10-12H2,1H3. The van der Waals surface area contributed by atoms with Gasteiger partial charge in [0.05, 0.1) is 0 Å². The minimum Gasteiger partial charge on any atom is -0.361 e. The van der Waals surface area contributed by atoms with Crippen LogP contribution in [-0.4, -0.2) is 29.5 Å². The SMILES string of the molecule is CCCN1CC=C(c2cccc3[nH]ccc23)CC1. The van der Waals surface area contributed by atoms with Crippen molar-refractivity contribution in [3.8, 4) is 0 Å². The third kappa shape index (κ3) is 2.08. The summed E-state index contributed by atoms with van der Waals surface area (Å²) in [5.41, 5.74) is 4.15. The Balaban J connectivity index is 1.89. The third-order valence-electron chi connectivity index (χ3n) is 3.77. The number of nitrogens with one attached hydrogen (secondary N) is 1. The fourth-order valence-electron chi connectivity index (χ4n) is 2.84. The van der Waals surface area contributed by atoms with Crippen LogP contribution in [0.25, 0.3) is 16.5 Å². The molecular weight excluding hydrogens is 220 g/mol. The van der Waals surface area contributed by atoms with Gasteiger partial charge in [-0.1, -0.05) is 25.1 Å². The first-order valence-electron chi connectivity index (χ1n) is 6.86. The number of nitrogens with zero attached hydrogens (tertiary/aromatic N) is 1. The molecule has 0 spiro atoms. The average molecular weight is 240 g/mol. The Hall–Kier alpha value is -1.54.